The number of rotatable bonds is 5. The summed E-state index contributed by atoms with van der Waals surface area (Å²) in [5, 5.41) is 8.13. The summed E-state index contributed by atoms with van der Waals surface area (Å²) in [6.45, 7) is 0. The van der Waals surface area contributed by atoms with Crippen LogP contribution in [0.1, 0.15) is 22.9 Å². The van der Waals surface area contributed by atoms with E-state index in [-0.39, 0.29) is 0 Å². The van der Waals surface area contributed by atoms with Crippen molar-refractivity contribution in [3.8, 4) is 22.3 Å². The van der Waals surface area contributed by atoms with Crippen molar-refractivity contribution in [3.05, 3.63) is 180 Å². The van der Waals surface area contributed by atoms with Crippen molar-refractivity contribution in [1.29, 1.82) is 0 Å². The molecule has 8 aromatic rings. The van der Waals surface area contributed by atoms with Crippen molar-refractivity contribution in [2.45, 2.75) is 6.17 Å². The topological polar surface area (TPSA) is 49.9 Å². The van der Waals surface area contributed by atoms with Crippen LogP contribution in [0.3, 0.4) is 0 Å². The molecule has 1 aliphatic rings. The van der Waals surface area contributed by atoms with Crippen LogP contribution < -0.4 is 5.32 Å². The molecule has 1 unspecified atom stereocenters. The summed E-state index contributed by atoms with van der Waals surface area (Å²) in [6.07, 6.45) is -0.466. The summed E-state index contributed by atoms with van der Waals surface area (Å²) in [5.74, 6) is 1.57. The van der Waals surface area contributed by atoms with Gasteiger partial charge in [0.05, 0.1) is 0 Å². The van der Waals surface area contributed by atoms with E-state index in [9.17, 15) is 0 Å². The smallest absolute Gasteiger partial charge is 0.170 e. The second kappa shape index (κ2) is 11.3. The van der Waals surface area contributed by atoms with E-state index < -0.39 is 6.17 Å². The molecule has 0 bridgehead atoms. The van der Waals surface area contributed by atoms with Gasteiger partial charge < -0.3 is 9.73 Å². The second-order valence-corrected chi connectivity index (χ2v) is 11.9. The van der Waals surface area contributed by atoms with E-state index in [4.69, 9.17) is 14.4 Å². The summed E-state index contributed by atoms with van der Waals surface area (Å²) >= 11 is 0. The van der Waals surface area contributed by atoms with E-state index in [2.05, 4.69) is 133 Å². The van der Waals surface area contributed by atoms with Gasteiger partial charge in [0.1, 0.15) is 22.8 Å². The molecule has 2 heterocycles. The minimum absolute atomic E-state index is 0.466. The molecule has 1 aliphatic heterocycles. The molecule has 0 fully saturated rings. The third-order valence-corrected chi connectivity index (χ3v) is 8.94. The van der Waals surface area contributed by atoms with E-state index in [1.54, 1.807) is 0 Å². The van der Waals surface area contributed by atoms with Gasteiger partial charge >= 0.3 is 0 Å². The van der Waals surface area contributed by atoms with Gasteiger partial charge in [-0.15, -0.1) is 0 Å². The highest BCUT2D eigenvalue weighted by atomic mass is 16.3. The number of nitrogens with one attached hydrogen (secondary N) is 1. The van der Waals surface area contributed by atoms with Crippen LogP contribution in [-0.4, -0.2) is 11.7 Å². The SMILES string of the molecule is c1ccc(C2=NC(c3cccc4oc5ccc(-c6ccccc6)cc5c34)N=C(c3ccc(-c4ccc5ccccc5c4)cc3)N2)cc1. The van der Waals surface area contributed by atoms with Crippen LogP contribution in [0.15, 0.2) is 178 Å². The molecule has 222 valence electrons. The third-order valence-electron chi connectivity index (χ3n) is 8.94. The lowest BCUT2D eigenvalue weighted by Gasteiger charge is -2.23. The zero-order chi connectivity index (χ0) is 31.2. The molecule has 7 aromatic carbocycles. The Morgan fingerprint density at radius 2 is 1.00 bits per heavy atom. The van der Waals surface area contributed by atoms with Gasteiger partial charge in [0.25, 0.3) is 0 Å². The first-order chi connectivity index (χ1) is 23.3. The van der Waals surface area contributed by atoms with E-state index in [0.29, 0.717) is 0 Å². The maximum atomic E-state index is 6.37. The average molecular weight is 604 g/mol. The molecule has 0 aliphatic carbocycles. The maximum absolute atomic E-state index is 6.37. The minimum atomic E-state index is -0.466. The quantitative estimate of drug-likeness (QED) is 0.213. The predicted molar refractivity (Wildman–Crippen MR) is 194 cm³/mol. The lowest BCUT2D eigenvalue weighted by Crippen LogP contribution is -2.36. The van der Waals surface area contributed by atoms with Gasteiger partial charge in [0.15, 0.2) is 6.17 Å². The van der Waals surface area contributed by atoms with Crippen molar-refractivity contribution in [2.24, 2.45) is 9.98 Å². The molecular weight excluding hydrogens is 574 g/mol. The summed E-state index contributed by atoms with van der Waals surface area (Å²) in [5.41, 5.74) is 9.35. The first kappa shape index (κ1) is 27.1. The van der Waals surface area contributed by atoms with E-state index in [1.165, 1.54) is 21.9 Å². The number of aliphatic imine (C=N–C) groups is 2. The Morgan fingerprint density at radius 1 is 0.426 bits per heavy atom. The van der Waals surface area contributed by atoms with Gasteiger partial charge in [-0.25, -0.2) is 9.98 Å². The van der Waals surface area contributed by atoms with Crippen LogP contribution in [0, 0.1) is 0 Å². The molecule has 1 N–H and O–H groups in total. The molecule has 0 spiro atoms. The predicted octanol–water partition coefficient (Wildman–Crippen LogP) is 10.6. The van der Waals surface area contributed by atoms with Crippen LogP contribution in [0.25, 0.3) is 55.0 Å². The van der Waals surface area contributed by atoms with Gasteiger partial charge in [-0.05, 0) is 57.3 Å². The van der Waals surface area contributed by atoms with Gasteiger partial charge in [-0.2, -0.15) is 0 Å². The molecule has 1 atom stereocenters. The fourth-order valence-corrected chi connectivity index (χ4v) is 6.55. The lowest BCUT2D eigenvalue weighted by atomic mass is 9.99. The fourth-order valence-electron chi connectivity index (χ4n) is 6.55. The Labute approximate surface area is 272 Å². The molecule has 0 saturated carbocycles. The number of hydrogen-bond acceptors (Lipinski definition) is 4. The van der Waals surface area contributed by atoms with Crippen LogP contribution in [0.5, 0.6) is 0 Å². The lowest BCUT2D eigenvalue weighted by molar-refractivity contribution is 0.667. The van der Waals surface area contributed by atoms with Crippen LogP contribution in [0.2, 0.25) is 0 Å². The van der Waals surface area contributed by atoms with Gasteiger partial charge in [0.2, 0.25) is 0 Å². The highest BCUT2D eigenvalue weighted by Gasteiger charge is 2.24. The van der Waals surface area contributed by atoms with Crippen molar-refractivity contribution >= 4 is 44.4 Å². The Hall–Kier alpha value is -6.26. The standard InChI is InChI=1S/C43H29N3O/c1-3-10-28(11-4-1)35-24-25-38-37(27-35)40-36(16-9-17-39(40)47-38)43-45-41(31-13-5-2-6-14-31)44-42(46-43)32-21-18-30(19-22-32)34-23-20-29-12-7-8-15-33(29)26-34/h1-27,43H,(H,44,45,46). The number of fused-ring (bicyclic) bond motifs is 4. The summed E-state index contributed by atoms with van der Waals surface area (Å²) in [7, 11) is 0. The number of hydrogen-bond donors (Lipinski definition) is 1. The van der Waals surface area contributed by atoms with E-state index in [1.807, 2.05) is 36.4 Å². The van der Waals surface area contributed by atoms with Gasteiger partial charge in [-0.1, -0.05) is 140 Å². The van der Waals surface area contributed by atoms with Crippen molar-refractivity contribution in [2.75, 3.05) is 0 Å². The summed E-state index contributed by atoms with van der Waals surface area (Å²) in [4.78, 5) is 10.4. The molecule has 47 heavy (non-hydrogen) atoms. The van der Waals surface area contributed by atoms with Crippen molar-refractivity contribution in [1.82, 2.24) is 5.32 Å². The normalized spacial score (nSPS) is 14.6. The third kappa shape index (κ3) is 4.97. The molecule has 4 heteroatoms. The van der Waals surface area contributed by atoms with Gasteiger partial charge in [-0.3, -0.25) is 0 Å². The van der Waals surface area contributed by atoms with E-state index >= 15 is 0 Å². The summed E-state index contributed by atoms with van der Waals surface area (Å²) < 4.78 is 6.37. The largest absolute Gasteiger partial charge is 0.456 e. The Kier molecular flexibility index (Phi) is 6.50. The van der Waals surface area contributed by atoms with Gasteiger partial charge in [0, 0.05) is 27.5 Å². The molecule has 0 amide bonds. The number of furan rings is 1. The first-order valence-corrected chi connectivity index (χ1v) is 15.9. The zero-order valence-corrected chi connectivity index (χ0v) is 25.5. The monoisotopic (exact) mass is 603 g/mol. The minimum Gasteiger partial charge on any atom is -0.456 e. The molecule has 1 aromatic heterocycles. The molecule has 0 saturated heterocycles. The molecule has 4 nitrogen and oxygen atoms in total. The first-order valence-electron chi connectivity index (χ1n) is 15.9. The number of amidine groups is 2. The fraction of sp³-hybridized carbons (Fsp3) is 0.0233. The molecular formula is C43H29N3O. The van der Waals surface area contributed by atoms with Crippen molar-refractivity contribution in [3.63, 3.8) is 0 Å². The van der Waals surface area contributed by atoms with Crippen molar-refractivity contribution < 1.29 is 4.42 Å². The Morgan fingerprint density at radius 3 is 1.77 bits per heavy atom. The second-order valence-electron chi connectivity index (χ2n) is 11.9. The highest BCUT2D eigenvalue weighted by molar-refractivity contribution is 6.16. The highest BCUT2D eigenvalue weighted by Crippen LogP contribution is 2.38. The molecule has 0 radical (unpaired) electrons. The average Bonchev–Trinajstić information content (AvgIpc) is 3.53. The molecule has 9 rings (SSSR count). The number of benzene rings is 7. The van der Waals surface area contributed by atoms with E-state index in [0.717, 1.165) is 61.4 Å². The zero-order valence-electron chi connectivity index (χ0n) is 25.5. The van der Waals surface area contributed by atoms with Crippen LogP contribution in [-0.2, 0) is 0 Å². The Balaban J connectivity index is 1.15. The van der Waals surface area contributed by atoms with Crippen LogP contribution in [0.4, 0.5) is 0 Å². The maximum Gasteiger partial charge on any atom is 0.170 e. The summed E-state index contributed by atoms with van der Waals surface area (Å²) in [6, 6.07) is 57.0. The number of nitrogens with zero attached hydrogens (tertiary/aromatic N) is 2. The van der Waals surface area contributed by atoms with Crippen LogP contribution >= 0.6 is 0 Å². The Bertz CT molecular complexity index is 2480.